The number of H-pyrrole nitrogens is 1. The van der Waals surface area contributed by atoms with Crippen molar-refractivity contribution in [1.29, 1.82) is 0 Å². The van der Waals surface area contributed by atoms with Gasteiger partial charge in [-0.2, -0.15) is 5.10 Å². The summed E-state index contributed by atoms with van der Waals surface area (Å²) in [5.74, 6) is 1.59. The largest absolute Gasteiger partial charge is 0.380 e. The number of rotatable bonds is 3. The lowest BCUT2D eigenvalue weighted by Crippen LogP contribution is -2.23. The highest BCUT2D eigenvalue weighted by atomic mass is 15.2. The zero-order valence-corrected chi connectivity index (χ0v) is 11.3. The quantitative estimate of drug-likeness (QED) is 0.881. The molecule has 1 saturated heterocycles. The maximum absolute atomic E-state index is 4.41. The van der Waals surface area contributed by atoms with Crippen molar-refractivity contribution < 1.29 is 0 Å². The normalized spacial score (nSPS) is 19.8. The molecule has 19 heavy (non-hydrogen) atoms. The van der Waals surface area contributed by atoms with E-state index in [1.807, 2.05) is 19.1 Å². The topological polar surface area (TPSA) is 56.8 Å². The molecule has 1 aromatic carbocycles. The van der Waals surface area contributed by atoms with E-state index in [0.717, 1.165) is 36.0 Å². The number of aromatic nitrogens is 3. The van der Waals surface area contributed by atoms with Gasteiger partial charge < -0.3 is 10.2 Å². The van der Waals surface area contributed by atoms with Crippen LogP contribution in [-0.4, -0.2) is 46.3 Å². The summed E-state index contributed by atoms with van der Waals surface area (Å²) < 4.78 is 0. The van der Waals surface area contributed by atoms with E-state index in [9.17, 15) is 0 Å². The van der Waals surface area contributed by atoms with Gasteiger partial charge >= 0.3 is 0 Å². The monoisotopic (exact) mass is 257 g/mol. The molecule has 0 radical (unpaired) electrons. The van der Waals surface area contributed by atoms with Crippen molar-refractivity contribution in [2.75, 3.05) is 25.5 Å². The van der Waals surface area contributed by atoms with Crippen LogP contribution >= 0.6 is 0 Å². The molecule has 2 aromatic rings. The minimum absolute atomic E-state index is 0.506. The molecule has 2 N–H and O–H groups in total. The summed E-state index contributed by atoms with van der Waals surface area (Å²) in [4.78, 5) is 6.76. The standard InChI is InChI=1S/C14H19N5/c1-10-15-14(18-17-10)12-5-3-4-6-13(12)16-11-7-8-19(2)9-11/h3-6,11,16H,7-9H2,1-2H3,(H,15,17,18). The smallest absolute Gasteiger partial charge is 0.183 e. The van der Waals surface area contributed by atoms with Gasteiger partial charge in [0.1, 0.15) is 5.82 Å². The molecule has 1 aliphatic rings. The maximum atomic E-state index is 4.41. The number of hydrogen-bond acceptors (Lipinski definition) is 4. The number of para-hydroxylation sites is 1. The molecule has 0 spiro atoms. The first-order chi connectivity index (χ1) is 9.22. The molecule has 0 saturated carbocycles. The highest BCUT2D eigenvalue weighted by Crippen LogP contribution is 2.26. The van der Waals surface area contributed by atoms with Gasteiger partial charge in [-0.25, -0.2) is 4.98 Å². The van der Waals surface area contributed by atoms with Crippen molar-refractivity contribution >= 4 is 5.69 Å². The Kier molecular flexibility index (Phi) is 3.21. The molecule has 0 bridgehead atoms. The lowest BCUT2D eigenvalue weighted by Gasteiger charge is -2.16. The van der Waals surface area contributed by atoms with E-state index in [2.05, 4.69) is 44.6 Å². The predicted octanol–water partition coefficient (Wildman–Crippen LogP) is 1.90. The van der Waals surface area contributed by atoms with Gasteiger partial charge in [0.25, 0.3) is 0 Å². The molecular formula is C14H19N5. The van der Waals surface area contributed by atoms with Gasteiger partial charge in [0, 0.05) is 23.8 Å². The van der Waals surface area contributed by atoms with E-state index in [-0.39, 0.29) is 0 Å². The predicted molar refractivity (Wildman–Crippen MR) is 76.1 cm³/mol. The summed E-state index contributed by atoms with van der Waals surface area (Å²) in [7, 11) is 2.16. The Balaban J connectivity index is 1.85. The number of likely N-dealkylation sites (N-methyl/N-ethyl adjacent to an activating group) is 1. The van der Waals surface area contributed by atoms with E-state index in [1.165, 1.54) is 6.42 Å². The van der Waals surface area contributed by atoms with Crippen LogP contribution in [0.3, 0.4) is 0 Å². The lowest BCUT2D eigenvalue weighted by molar-refractivity contribution is 0.414. The molecule has 1 unspecified atom stereocenters. The van der Waals surface area contributed by atoms with Gasteiger partial charge in [-0.3, -0.25) is 5.10 Å². The van der Waals surface area contributed by atoms with Crippen molar-refractivity contribution in [2.24, 2.45) is 0 Å². The number of benzene rings is 1. The third-order valence-corrected chi connectivity index (χ3v) is 3.52. The summed E-state index contributed by atoms with van der Waals surface area (Å²) in [5.41, 5.74) is 2.17. The van der Waals surface area contributed by atoms with Crippen LogP contribution in [0, 0.1) is 6.92 Å². The summed E-state index contributed by atoms with van der Waals surface area (Å²) in [6.45, 7) is 4.15. The number of nitrogens with zero attached hydrogens (tertiary/aromatic N) is 3. The molecule has 0 amide bonds. The van der Waals surface area contributed by atoms with Crippen LogP contribution in [0.4, 0.5) is 5.69 Å². The molecule has 2 heterocycles. The van der Waals surface area contributed by atoms with Crippen LogP contribution in [-0.2, 0) is 0 Å². The second-order valence-corrected chi connectivity index (χ2v) is 5.18. The van der Waals surface area contributed by atoms with Crippen LogP contribution in [0.1, 0.15) is 12.2 Å². The van der Waals surface area contributed by atoms with Crippen LogP contribution in [0.15, 0.2) is 24.3 Å². The molecule has 1 aliphatic heterocycles. The summed E-state index contributed by atoms with van der Waals surface area (Å²) in [5, 5.41) is 10.8. The van der Waals surface area contributed by atoms with E-state index >= 15 is 0 Å². The van der Waals surface area contributed by atoms with Gasteiger partial charge in [0.15, 0.2) is 5.82 Å². The Bertz CT molecular complexity index is 562. The SMILES string of the molecule is Cc1nc(-c2ccccc2NC2CCN(C)C2)n[nH]1. The Hall–Kier alpha value is -1.88. The molecular weight excluding hydrogens is 238 g/mol. The first-order valence-corrected chi connectivity index (χ1v) is 6.66. The number of aromatic amines is 1. The van der Waals surface area contributed by atoms with E-state index in [1.54, 1.807) is 0 Å². The summed E-state index contributed by atoms with van der Waals surface area (Å²) in [6, 6.07) is 8.73. The highest BCUT2D eigenvalue weighted by molar-refractivity contribution is 5.73. The van der Waals surface area contributed by atoms with Crippen LogP contribution < -0.4 is 5.32 Å². The molecule has 100 valence electrons. The van der Waals surface area contributed by atoms with Crippen molar-refractivity contribution in [3.05, 3.63) is 30.1 Å². The zero-order chi connectivity index (χ0) is 13.2. The van der Waals surface area contributed by atoms with E-state index < -0.39 is 0 Å². The molecule has 1 atom stereocenters. The molecule has 0 aliphatic carbocycles. The van der Waals surface area contributed by atoms with Gasteiger partial charge in [-0.15, -0.1) is 0 Å². The average Bonchev–Trinajstić information content (AvgIpc) is 2.99. The minimum Gasteiger partial charge on any atom is -0.380 e. The van der Waals surface area contributed by atoms with Crippen molar-refractivity contribution in [2.45, 2.75) is 19.4 Å². The summed E-state index contributed by atoms with van der Waals surface area (Å²) >= 11 is 0. The Morgan fingerprint density at radius 1 is 1.37 bits per heavy atom. The molecule has 1 fully saturated rings. The average molecular weight is 257 g/mol. The number of anilines is 1. The fourth-order valence-corrected chi connectivity index (χ4v) is 2.54. The van der Waals surface area contributed by atoms with Crippen LogP contribution in [0.25, 0.3) is 11.4 Å². The fraction of sp³-hybridized carbons (Fsp3) is 0.429. The van der Waals surface area contributed by atoms with Crippen molar-refractivity contribution in [1.82, 2.24) is 20.1 Å². The zero-order valence-electron chi connectivity index (χ0n) is 11.3. The first kappa shape index (κ1) is 12.2. The third kappa shape index (κ3) is 2.61. The highest BCUT2D eigenvalue weighted by Gasteiger charge is 2.20. The molecule has 5 nitrogen and oxygen atoms in total. The van der Waals surface area contributed by atoms with Gasteiger partial charge in [-0.1, -0.05) is 12.1 Å². The molecule has 3 rings (SSSR count). The third-order valence-electron chi connectivity index (χ3n) is 3.52. The van der Waals surface area contributed by atoms with E-state index in [4.69, 9.17) is 0 Å². The summed E-state index contributed by atoms with van der Waals surface area (Å²) in [6.07, 6.45) is 1.18. The second kappa shape index (κ2) is 5.01. The van der Waals surface area contributed by atoms with Crippen LogP contribution in [0.5, 0.6) is 0 Å². The van der Waals surface area contributed by atoms with E-state index in [0.29, 0.717) is 6.04 Å². The van der Waals surface area contributed by atoms with Gasteiger partial charge in [-0.05, 0) is 39.1 Å². The number of nitrogens with one attached hydrogen (secondary N) is 2. The number of aryl methyl sites for hydroxylation is 1. The Morgan fingerprint density at radius 3 is 2.89 bits per heavy atom. The fourth-order valence-electron chi connectivity index (χ4n) is 2.54. The molecule has 1 aromatic heterocycles. The first-order valence-electron chi connectivity index (χ1n) is 6.66. The Morgan fingerprint density at radius 2 is 2.21 bits per heavy atom. The maximum Gasteiger partial charge on any atom is 0.183 e. The number of likely N-dealkylation sites (tertiary alicyclic amines) is 1. The minimum atomic E-state index is 0.506. The second-order valence-electron chi connectivity index (χ2n) is 5.18. The van der Waals surface area contributed by atoms with Crippen LogP contribution in [0.2, 0.25) is 0 Å². The number of hydrogen-bond donors (Lipinski definition) is 2. The van der Waals surface area contributed by atoms with Gasteiger partial charge in [0.2, 0.25) is 0 Å². The lowest BCUT2D eigenvalue weighted by atomic mass is 10.1. The Labute approximate surface area is 113 Å². The van der Waals surface area contributed by atoms with Gasteiger partial charge in [0.05, 0.1) is 0 Å². The molecule has 5 heteroatoms. The van der Waals surface area contributed by atoms with Crippen molar-refractivity contribution in [3.8, 4) is 11.4 Å². The van der Waals surface area contributed by atoms with Crippen molar-refractivity contribution in [3.63, 3.8) is 0 Å².